The molecule has 0 amide bonds. The Bertz CT molecular complexity index is 1300. The van der Waals surface area contributed by atoms with E-state index < -0.39 is 15.8 Å². The van der Waals surface area contributed by atoms with Gasteiger partial charge in [0.1, 0.15) is 0 Å². The number of benzene rings is 2. The third-order valence-corrected chi connectivity index (χ3v) is 6.21. The smallest absolute Gasteiger partial charge is 0.335 e. The van der Waals surface area contributed by atoms with E-state index >= 15 is 0 Å². The monoisotopic (exact) mass is 402 g/mol. The Morgan fingerprint density at radius 1 is 1.07 bits per heavy atom. The number of allylic oxidation sites excluding steroid dienone is 4. The summed E-state index contributed by atoms with van der Waals surface area (Å²) in [7, 11) is -4.03. The highest BCUT2D eigenvalue weighted by molar-refractivity contribution is 8.09. The van der Waals surface area contributed by atoms with Gasteiger partial charge in [-0.2, -0.15) is 0 Å². The minimum absolute atomic E-state index is 0.0502. The molecule has 0 unspecified atom stereocenters. The van der Waals surface area contributed by atoms with E-state index in [4.69, 9.17) is 6.57 Å². The van der Waals surface area contributed by atoms with Crippen molar-refractivity contribution in [2.24, 2.45) is 0 Å². The van der Waals surface area contributed by atoms with Gasteiger partial charge in [-0.15, -0.1) is 0 Å². The largest absolute Gasteiger partial charge is 0.478 e. The second-order valence-electron chi connectivity index (χ2n) is 6.30. The fraction of sp³-hybridized carbons (Fsp3) is 0.0455. The maximum atomic E-state index is 13.4. The predicted octanol–water partition coefficient (Wildman–Crippen LogP) is 4.20. The first kappa shape index (κ1) is 19.8. The van der Waals surface area contributed by atoms with Gasteiger partial charge < -0.3 is 5.11 Å². The Balaban J connectivity index is 2.33. The van der Waals surface area contributed by atoms with Crippen LogP contribution in [0.15, 0.2) is 72.0 Å². The van der Waals surface area contributed by atoms with E-state index in [0.717, 1.165) is 5.56 Å². The zero-order chi connectivity index (χ0) is 21.2. The Morgan fingerprint density at radius 3 is 2.17 bits per heavy atom. The van der Waals surface area contributed by atoms with Crippen molar-refractivity contribution in [3.05, 3.63) is 106 Å². The van der Waals surface area contributed by atoms with E-state index in [1.165, 1.54) is 36.4 Å². The topological polar surface area (TPSA) is 99.6 Å². The summed E-state index contributed by atoms with van der Waals surface area (Å²) in [6, 6.07) is 14.2. The van der Waals surface area contributed by atoms with Gasteiger partial charge in [-0.05, 0) is 47.9 Å². The summed E-state index contributed by atoms with van der Waals surface area (Å²) in [5, 5.41) is 18.5. The van der Waals surface area contributed by atoms with Gasteiger partial charge in [0, 0.05) is 0 Å². The standard InChI is InChI=1S/C22H14N2O4S/c1-14-5-3-6-15(9-14)20-11-18(19(13-23)24-2)12-21(29(20,27)28)16-7-4-8-17(10-16)22(25)26/h3-12H,1H3,(H,25,26)/b19-18-. The lowest BCUT2D eigenvalue weighted by Crippen LogP contribution is -2.11. The molecule has 1 N–H and O–H groups in total. The van der Waals surface area contributed by atoms with Gasteiger partial charge in [-0.3, -0.25) is 0 Å². The fourth-order valence-corrected chi connectivity index (χ4v) is 4.65. The molecule has 7 heteroatoms. The van der Waals surface area contributed by atoms with Gasteiger partial charge in [0.05, 0.1) is 28.0 Å². The zero-order valence-corrected chi connectivity index (χ0v) is 16.1. The van der Waals surface area contributed by atoms with Gasteiger partial charge in [0.25, 0.3) is 5.70 Å². The molecule has 1 aliphatic heterocycles. The Labute approximate surface area is 168 Å². The number of aryl methyl sites for hydroxylation is 1. The van der Waals surface area contributed by atoms with E-state index in [1.54, 1.807) is 24.3 Å². The van der Waals surface area contributed by atoms with Gasteiger partial charge in [0.15, 0.2) is 0 Å². The normalized spacial score (nSPS) is 16.7. The number of carbonyl (C=O) groups is 1. The van der Waals surface area contributed by atoms with Crippen LogP contribution in [0.4, 0.5) is 0 Å². The summed E-state index contributed by atoms with van der Waals surface area (Å²) in [5.74, 6) is -1.19. The lowest BCUT2D eigenvalue weighted by molar-refractivity contribution is 0.0697. The predicted molar refractivity (Wildman–Crippen MR) is 109 cm³/mol. The number of hydrogen-bond donors (Lipinski definition) is 1. The number of rotatable bonds is 3. The van der Waals surface area contributed by atoms with Crippen LogP contribution in [0.25, 0.3) is 14.7 Å². The van der Waals surface area contributed by atoms with Crippen LogP contribution in [-0.4, -0.2) is 19.5 Å². The molecule has 0 atom stereocenters. The lowest BCUT2D eigenvalue weighted by Gasteiger charge is -2.19. The minimum atomic E-state index is -4.03. The van der Waals surface area contributed by atoms with Crippen molar-refractivity contribution in [1.29, 1.82) is 5.26 Å². The van der Waals surface area contributed by atoms with Crippen LogP contribution in [-0.2, 0) is 9.84 Å². The third kappa shape index (κ3) is 3.73. The number of nitrogens with zero attached hydrogens (tertiary/aromatic N) is 2. The minimum Gasteiger partial charge on any atom is -0.478 e. The van der Waals surface area contributed by atoms with Gasteiger partial charge >= 0.3 is 5.97 Å². The highest BCUT2D eigenvalue weighted by Crippen LogP contribution is 2.39. The molecule has 1 heterocycles. The maximum absolute atomic E-state index is 13.4. The molecule has 0 radical (unpaired) electrons. The molecule has 2 aromatic rings. The molecule has 0 spiro atoms. The average molecular weight is 402 g/mol. The van der Waals surface area contributed by atoms with Crippen molar-refractivity contribution in [3.8, 4) is 6.07 Å². The highest BCUT2D eigenvalue weighted by atomic mass is 32.2. The molecule has 0 saturated heterocycles. The van der Waals surface area contributed by atoms with E-state index in [2.05, 4.69) is 4.85 Å². The number of hydrogen-bond acceptors (Lipinski definition) is 4. The molecule has 0 saturated carbocycles. The van der Waals surface area contributed by atoms with Crippen LogP contribution in [0.1, 0.15) is 27.0 Å². The van der Waals surface area contributed by atoms with Crippen LogP contribution in [0.5, 0.6) is 0 Å². The lowest BCUT2D eigenvalue weighted by atomic mass is 10.1. The quantitative estimate of drug-likeness (QED) is 0.613. The van der Waals surface area contributed by atoms with Crippen molar-refractivity contribution in [1.82, 2.24) is 0 Å². The molecule has 6 nitrogen and oxygen atoms in total. The molecule has 29 heavy (non-hydrogen) atoms. The fourth-order valence-electron chi connectivity index (χ4n) is 2.97. The first-order valence-corrected chi connectivity index (χ1v) is 9.87. The summed E-state index contributed by atoms with van der Waals surface area (Å²) in [6.45, 7) is 9.04. The van der Waals surface area contributed by atoms with Crippen molar-refractivity contribution < 1.29 is 18.3 Å². The summed E-state index contributed by atoms with van der Waals surface area (Å²) in [5.41, 5.74) is 1.27. The summed E-state index contributed by atoms with van der Waals surface area (Å²) >= 11 is 0. The molecule has 0 bridgehead atoms. The van der Waals surface area contributed by atoms with Crippen LogP contribution in [0, 0.1) is 24.8 Å². The Kier molecular flexibility index (Phi) is 5.18. The molecule has 2 aromatic carbocycles. The molecule has 0 fully saturated rings. The van der Waals surface area contributed by atoms with Crippen LogP contribution in [0.3, 0.4) is 0 Å². The average Bonchev–Trinajstić information content (AvgIpc) is 2.69. The van der Waals surface area contributed by atoms with Crippen molar-refractivity contribution in [2.45, 2.75) is 6.92 Å². The highest BCUT2D eigenvalue weighted by Gasteiger charge is 2.31. The van der Waals surface area contributed by atoms with Crippen molar-refractivity contribution in [3.63, 3.8) is 0 Å². The molecule has 1 aliphatic rings. The van der Waals surface area contributed by atoms with Crippen LogP contribution in [0.2, 0.25) is 0 Å². The molecule has 0 aromatic heterocycles. The number of nitriles is 1. The summed E-state index contributed by atoms with van der Waals surface area (Å²) in [4.78, 5) is 14.3. The number of carboxylic acids is 1. The van der Waals surface area contributed by atoms with Crippen LogP contribution < -0.4 is 0 Å². The zero-order valence-electron chi connectivity index (χ0n) is 15.2. The first-order valence-electron chi connectivity index (χ1n) is 8.39. The second-order valence-corrected chi connectivity index (χ2v) is 8.19. The van der Waals surface area contributed by atoms with Crippen molar-refractivity contribution in [2.75, 3.05) is 0 Å². The van der Waals surface area contributed by atoms with Gasteiger partial charge in [0.2, 0.25) is 9.84 Å². The number of sulfone groups is 1. The van der Waals surface area contributed by atoms with Gasteiger partial charge in [-0.25, -0.2) is 23.3 Å². The third-order valence-electron chi connectivity index (χ3n) is 4.34. The number of carboxylic acid groups (broad SMARTS) is 1. The summed E-state index contributed by atoms with van der Waals surface area (Å²) in [6.07, 6.45) is 2.55. The molecular weight excluding hydrogens is 388 g/mol. The Hall–Kier alpha value is -3.94. The second kappa shape index (κ2) is 7.59. The molecule has 0 aliphatic carbocycles. The molecule has 3 rings (SSSR count). The SMILES string of the molecule is [C-]#[N+]/C(C#N)=C1/C=C(c2cccc(C)c2)S(=O)(=O)C(c2cccc(C(=O)O)c2)=C1. The van der Waals surface area contributed by atoms with Gasteiger partial charge in [-0.1, -0.05) is 42.0 Å². The molecule has 142 valence electrons. The van der Waals surface area contributed by atoms with Crippen molar-refractivity contribution >= 4 is 25.6 Å². The number of aromatic carboxylic acids is 1. The maximum Gasteiger partial charge on any atom is 0.335 e. The van der Waals surface area contributed by atoms with E-state index in [1.807, 2.05) is 13.0 Å². The van der Waals surface area contributed by atoms with E-state index in [9.17, 15) is 23.6 Å². The van der Waals surface area contributed by atoms with E-state index in [-0.39, 0.29) is 32.2 Å². The first-order chi connectivity index (χ1) is 13.8. The van der Waals surface area contributed by atoms with E-state index in [0.29, 0.717) is 5.56 Å². The van der Waals surface area contributed by atoms with Crippen LogP contribution >= 0.6 is 0 Å². The summed E-state index contributed by atoms with van der Waals surface area (Å²) < 4.78 is 26.8. The molecular formula is C22H14N2O4S. The Morgan fingerprint density at radius 2 is 1.66 bits per heavy atom.